The van der Waals surface area contributed by atoms with Gasteiger partial charge in [-0.25, -0.2) is 4.39 Å². The van der Waals surface area contributed by atoms with Gasteiger partial charge in [-0.2, -0.15) is 0 Å². The summed E-state index contributed by atoms with van der Waals surface area (Å²) in [6, 6.07) is 4.21. The fourth-order valence-corrected chi connectivity index (χ4v) is 0.894. The molecule has 0 fully saturated rings. The third-order valence-electron chi connectivity index (χ3n) is 1.20. The molecule has 0 radical (unpaired) electrons. The largest absolute Gasteiger partial charge is 0.389 e. The molecule has 0 bridgehead atoms. The average Bonchev–Trinajstić information content (AvgIpc) is 1.94. The Morgan fingerprint density at radius 2 is 2.18 bits per heavy atom. The SMILES string of the molecule is NC(=S)c1ccc(Cl)c(F)c1. The van der Waals surface area contributed by atoms with Crippen LogP contribution in [0.4, 0.5) is 4.39 Å². The predicted molar refractivity (Wildman–Crippen MR) is 47.3 cm³/mol. The molecule has 0 aromatic heterocycles. The lowest BCUT2D eigenvalue weighted by molar-refractivity contribution is 0.628. The third kappa shape index (κ3) is 1.88. The Balaban J connectivity index is 3.15. The van der Waals surface area contributed by atoms with Crippen molar-refractivity contribution in [1.29, 1.82) is 0 Å². The molecule has 1 rings (SSSR count). The molecule has 2 N–H and O–H groups in total. The summed E-state index contributed by atoms with van der Waals surface area (Å²) < 4.78 is 12.7. The van der Waals surface area contributed by atoms with Crippen molar-refractivity contribution in [3.8, 4) is 0 Å². The van der Waals surface area contributed by atoms with E-state index in [1.54, 1.807) is 6.07 Å². The van der Waals surface area contributed by atoms with Crippen LogP contribution in [0.2, 0.25) is 5.02 Å². The molecule has 0 saturated carbocycles. The standard InChI is InChI=1S/C7H5ClFNS/c8-5-2-1-4(7(10)11)3-6(5)9/h1-3H,(H2,10,11). The van der Waals surface area contributed by atoms with Crippen molar-refractivity contribution in [1.82, 2.24) is 0 Å². The van der Waals surface area contributed by atoms with Gasteiger partial charge in [0, 0.05) is 5.56 Å². The van der Waals surface area contributed by atoms with Gasteiger partial charge in [0.15, 0.2) is 0 Å². The van der Waals surface area contributed by atoms with Crippen LogP contribution in [0.25, 0.3) is 0 Å². The normalized spacial score (nSPS) is 9.64. The van der Waals surface area contributed by atoms with E-state index < -0.39 is 5.82 Å². The highest BCUT2D eigenvalue weighted by Crippen LogP contribution is 2.15. The van der Waals surface area contributed by atoms with E-state index >= 15 is 0 Å². The van der Waals surface area contributed by atoms with Crippen molar-refractivity contribution in [3.05, 3.63) is 34.6 Å². The zero-order chi connectivity index (χ0) is 8.43. The Bertz CT molecular complexity index is 300. The zero-order valence-electron chi connectivity index (χ0n) is 5.47. The number of benzene rings is 1. The molecule has 4 heteroatoms. The van der Waals surface area contributed by atoms with Gasteiger partial charge in [-0.05, 0) is 12.1 Å². The maximum absolute atomic E-state index is 12.7. The Morgan fingerprint density at radius 1 is 1.55 bits per heavy atom. The van der Waals surface area contributed by atoms with E-state index in [0.29, 0.717) is 5.56 Å². The van der Waals surface area contributed by atoms with Crippen LogP contribution in [-0.4, -0.2) is 4.99 Å². The number of rotatable bonds is 1. The molecule has 0 atom stereocenters. The van der Waals surface area contributed by atoms with E-state index in [2.05, 4.69) is 12.2 Å². The number of thiocarbonyl (C=S) groups is 1. The fraction of sp³-hybridized carbons (Fsp3) is 0. The van der Waals surface area contributed by atoms with Gasteiger partial charge >= 0.3 is 0 Å². The summed E-state index contributed by atoms with van der Waals surface area (Å²) in [5, 5.41) is 0.0741. The summed E-state index contributed by atoms with van der Waals surface area (Å²) >= 11 is 10.1. The minimum absolute atomic E-state index is 0.0741. The molecule has 0 spiro atoms. The zero-order valence-corrected chi connectivity index (χ0v) is 7.05. The van der Waals surface area contributed by atoms with Crippen molar-refractivity contribution < 1.29 is 4.39 Å². The summed E-state index contributed by atoms with van der Waals surface area (Å²) in [5.41, 5.74) is 5.74. The van der Waals surface area contributed by atoms with Crippen LogP contribution in [0.3, 0.4) is 0 Å². The number of nitrogens with two attached hydrogens (primary N) is 1. The van der Waals surface area contributed by atoms with Crippen LogP contribution in [0, 0.1) is 5.82 Å². The molecule has 58 valence electrons. The molecule has 0 aliphatic carbocycles. The second kappa shape index (κ2) is 3.15. The predicted octanol–water partition coefficient (Wildman–Crippen LogP) is 2.11. The van der Waals surface area contributed by atoms with Gasteiger partial charge in [0.05, 0.1) is 5.02 Å². The lowest BCUT2D eigenvalue weighted by Gasteiger charge is -1.98. The molecular weight excluding hydrogens is 185 g/mol. The smallest absolute Gasteiger partial charge is 0.142 e. The van der Waals surface area contributed by atoms with E-state index in [1.807, 2.05) is 0 Å². The molecule has 0 amide bonds. The van der Waals surface area contributed by atoms with Gasteiger partial charge in [0.25, 0.3) is 0 Å². The quantitative estimate of drug-likeness (QED) is 0.685. The lowest BCUT2D eigenvalue weighted by Crippen LogP contribution is -2.09. The van der Waals surface area contributed by atoms with Crippen molar-refractivity contribution in [3.63, 3.8) is 0 Å². The van der Waals surface area contributed by atoms with E-state index in [9.17, 15) is 4.39 Å². The topological polar surface area (TPSA) is 26.0 Å². The highest BCUT2D eigenvalue weighted by atomic mass is 35.5. The van der Waals surface area contributed by atoms with E-state index in [-0.39, 0.29) is 10.0 Å². The summed E-state index contributed by atoms with van der Waals surface area (Å²) in [6.45, 7) is 0. The average molecular weight is 190 g/mol. The Kier molecular flexibility index (Phi) is 2.42. The van der Waals surface area contributed by atoms with Crippen molar-refractivity contribution in [2.24, 2.45) is 5.73 Å². The summed E-state index contributed by atoms with van der Waals surface area (Å²) in [5.74, 6) is -0.503. The summed E-state index contributed by atoms with van der Waals surface area (Å²) in [6.07, 6.45) is 0. The van der Waals surface area contributed by atoms with Gasteiger partial charge < -0.3 is 5.73 Å². The van der Waals surface area contributed by atoms with Gasteiger partial charge in [0.2, 0.25) is 0 Å². The fourth-order valence-electron chi connectivity index (χ4n) is 0.649. The Labute approximate surface area is 74.0 Å². The van der Waals surface area contributed by atoms with E-state index in [4.69, 9.17) is 17.3 Å². The number of hydrogen-bond acceptors (Lipinski definition) is 1. The second-order valence-electron chi connectivity index (χ2n) is 1.99. The van der Waals surface area contributed by atoms with Gasteiger partial charge in [0.1, 0.15) is 10.8 Å². The highest BCUT2D eigenvalue weighted by Gasteiger charge is 2.01. The first kappa shape index (κ1) is 8.43. The Morgan fingerprint density at radius 3 is 2.64 bits per heavy atom. The second-order valence-corrected chi connectivity index (χ2v) is 2.84. The third-order valence-corrected chi connectivity index (χ3v) is 1.75. The molecular formula is C7H5ClFNS. The van der Waals surface area contributed by atoms with E-state index in [1.165, 1.54) is 12.1 Å². The van der Waals surface area contributed by atoms with Crippen molar-refractivity contribution in [2.45, 2.75) is 0 Å². The summed E-state index contributed by atoms with van der Waals surface area (Å²) in [7, 11) is 0. The van der Waals surface area contributed by atoms with Crippen LogP contribution in [0.5, 0.6) is 0 Å². The first-order valence-electron chi connectivity index (χ1n) is 2.86. The minimum atomic E-state index is -0.503. The van der Waals surface area contributed by atoms with Gasteiger partial charge in [-0.1, -0.05) is 29.9 Å². The summed E-state index contributed by atoms with van der Waals surface area (Å²) in [4.78, 5) is 0.167. The molecule has 1 nitrogen and oxygen atoms in total. The molecule has 11 heavy (non-hydrogen) atoms. The molecule has 0 saturated heterocycles. The molecule has 0 unspecified atom stereocenters. The van der Waals surface area contributed by atoms with Crippen LogP contribution < -0.4 is 5.73 Å². The van der Waals surface area contributed by atoms with Crippen molar-refractivity contribution >= 4 is 28.8 Å². The molecule has 0 aliphatic heterocycles. The number of halogens is 2. The van der Waals surface area contributed by atoms with Gasteiger partial charge in [-0.15, -0.1) is 0 Å². The van der Waals surface area contributed by atoms with E-state index in [0.717, 1.165) is 0 Å². The van der Waals surface area contributed by atoms with Crippen molar-refractivity contribution in [2.75, 3.05) is 0 Å². The maximum Gasteiger partial charge on any atom is 0.142 e. The molecule has 1 aromatic carbocycles. The lowest BCUT2D eigenvalue weighted by atomic mass is 10.2. The monoisotopic (exact) mass is 189 g/mol. The molecule has 0 heterocycles. The number of hydrogen-bond donors (Lipinski definition) is 1. The molecule has 1 aromatic rings. The Hall–Kier alpha value is -0.670. The maximum atomic E-state index is 12.7. The van der Waals surface area contributed by atoms with Gasteiger partial charge in [-0.3, -0.25) is 0 Å². The van der Waals surface area contributed by atoms with Crippen LogP contribution in [0.15, 0.2) is 18.2 Å². The minimum Gasteiger partial charge on any atom is -0.389 e. The highest BCUT2D eigenvalue weighted by molar-refractivity contribution is 7.80. The van der Waals surface area contributed by atoms with Crippen LogP contribution in [0.1, 0.15) is 5.56 Å². The van der Waals surface area contributed by atoms with Crippen LogP contribution >= 0.6 is 23.8 Å². The van der Waals surface area contributed by atoms with Crippen LogP contribution in [-0.2, 0) is 0 Å². The first-order chi connectivity index (χ1) is 5.11. The molecule has 0 aliphatic rings. The first-order valence-corrected chi connectivity index (χ1v) is 3.65.